The summed E-state index contributed by atoms with van der Waals surface area (Å²) in [6, 6.07) is -0.782. The minimum atomic E-state index is -0.892. The number of urea groups is 1. The van der Waals surface area contributed by atoms with Gasteiger partial charge in [0.2, 0.25) is 5.91 Å². The van der Waals surface area contributed by atoms with Crippen molar-refractivity contribution in [2.24, 2.45) is 0 Å². The molecular weight excluding hydrogens is 236 g/mol. The average Bonchev–Trinajstić information content (AvgIpc) is 2.24. The molecule has 0 aliphatic rings. The number of amides is 3. The number of unbranched alkanes of at least 4 members (excludes halogenated alkanes) is 1. The minimum Gasteiger partial charge on any atom is -0.481 e. The van der Waals surface area contributed by atoms with Crippen molar-refractivity contribution in [3.63, 3.8) is 0 Å². The van der Waals surface area contributed by atoms with Crippen molar-refractivity contribution in [2.45, 2.75) is 45.1 Å². The number of carbonyl (C=O) groups is 3. The molecule has 6 heteroatoms. The van der Waals surface area contributed by atoms with E-state index in [1.807, 2.05) is 0 Å². The predicted octanol–water partition coefficient (Wildman–Crippen LogP) is 0.869. The van der Waals surface area contributed by atoms with Crippen molar-refractivity contribution >= 4 is 17.9 Å². The number of nitrogens with one attached hydrogen (secondary N) is 2. The van der Waals surface area contributed by atoms with Crippen LogP contribution in [0.2, 0.25) is 0 Å². The molecule has 6 nitrogen and oxygen atoms in total. The summed E-state index contributed by atoms with van der Waals surface area (Å²) in [5.74, 6) is 1.08. The van der Waals surface area contributed by atoms with E-state index in [-0.39, 0.29) is 18.9 Å². The van der Waals surface area contributed by atoms with Crippen molar-refractivity contribution in [2.75, 3.05) is 0 Å². The minimum absolute atomic E-state index is 0.0265. The first-order valence-corrected chi connectivity index (χ1v) is 5.71. The van der Waals surface area contributed by atoms with Crippen molar-refractivity contribution < 1.29 is 19.5 Å². The number of rotatable bonds is 7. The van der Waals surface area contributed by atoms with Crippen LogP contribution in [0.5, 0.6) is 0 Å². The Morgan fingerprint density at radius 1 is 1.28 bits per heavy atom. The highest BCUT2D eigenvalue weighted by Gasteiger charge is 2.09. The van der Waals surface area contributed by atoms with Crippen LogP contribution in [0, 0.1) is 12.3 Å². The Morgan fingerprint density at radius 2 is 1.89 bits per heavy atom. The van der Waals surface area contributed by atoms with Gasteiger partial charge in [-0.25, -0.2) is 4.79 Å². The van der Waals surface area contributed by atoms with E-state index in [1.54, 1.807) is 6.92 Å². The standard InChI is InChI=1S/C12H18N2O4/c1-3-6-9(2)13-12(18)14-10(15)7-4-5-8-11(16)17/h1,9H,4-8H2,2H3,(H,16,17)(H2,13,14,15,18). The molecule has 100 valence electrons. The van der Waals surface area contributed by atoms with Gasteiger partial charge in [-0.2, -0.15) is 0 Å². The molecule has 0 bridgehead atoms. The zero-order valence-electron chi connectivity index (χ0n) is 10.4. The number of terminal acetylenes is 1. The number of imide groups is 1. The molecule has 0 saturated carbocycles. The highest BCUT2D eigenvalue weighted by atomic mass is 16.4. The SMILES string of the molecule is C#CCC(C)NC(=O)NC(=O)CCCCC(=O)O. The summed E-state index contributed by atoms with van der Waals surface area (Å²) in [6.45, 7) is 1.73. The summed E-state index contributed by atoms with van der Waals surface area (Å²) >= 11 is 0. The molecule has 0 aliphatic heterocycles. The van der Waals surface area contributed by atoms with Crippen LogP contribution in [-0.4, -0.2) is 29.1 Å². The summed E-state index contributed by atoms with van der Waals surface area (Å²) in [6.07, 6.45) is 6.47. The van der Waals surface area contributed by atoms with Gasteiger partial charge in [0.05, 0.1) is 0 Å². The number of hydrogen-bond acceptors (Lipinski definition) is 3. The van der Waals surface area contributed by atoms with Gasteiger partial charge in [-0.3, -0.25) is 14.9 Å². The first-order chi connectivity index (χ1) is 8.45. The first-order valence-electron chi connectivity index (χ1n) is 5.71. The number of carboxylic acids is 1. The summed E-state index contributed by atoms with van der Waals surface area (Å²) in [5.41, 5.74) is 0. The lowest BCUT2D eigenvalue weighted by Crippen LogP contribution is -2.43. The van der Waals surface area contributed by atoms with E-state index in [9.17, 15) is 14.4 Å². The smallest absolute Gasteiger partial charge is 0.321 e. The van der Waals surface area contributed by atoms with Crippen molar-refractivity contribution in [1.29, 1.82) is 0 Å². The lowest BCUT2D eigenvalue weighted by Gasteiger charge is -2.11. The zero-order chi connectivity index (χ0) is 14.0. The lowest BCUT2D eigenvalue weighted by atomic mass is 10.2. The molecular formula is C12H18N2O4. The van der Waals surface area contributed by atoms with E-state index in [0.717, 1.165) is 0 Å². The highest BCUT2D eigenvalue weighted by Crippen LogP contribution is 1.99. The van der Waals surface area contributed by atoms with E-state index in [2.05, 4.69) is 16.6 Å². The second-order valence-electron chi connectivity index (χ2n) is 3.93. The largest absolute Gasteiger partial charge is 0.481 e. The number of hydrogen-bond donors (Lipinski definition) is 3. The number of aliphatic carboxylic acids is 1. The van der Waals surface area contributed by atoms with Crippen LogP contribution in [0.15, 0.2) is 0 Å². The van der Waals surface area contributed by atoms with Crippen LogP contribution < -0.4 is 10.6 Å². The van der Waals surface area contributed by atoms with Crippen LogP contribution in [0.4, 0.5) is 4.79 Å². The molecule has 0 aliphatic carbocycles. The quantitative estimate of drug-likeness (QED) is 0.464. The summed E-state index contributed by atoms with van der Waals surface area (Å²) in [4.78, 5) is 32.8. The monoisotopic (exact) mass is 254 g/mol. The van der Waals surface area contributed by atoms with Gasteiger partial charge in [0, 0.05) is 25.3 Å². The molecule has 0 spiro atoms. The highest BCUT2D eigenvalue weighted by molar-refractivity contribution is 5.94. The lowest BCUT2D eigenvalue weighted by molar-refractivity contribution is -0.137. The summed E-state index contributed by atoms with van der Waals surface area (Å²) in [5, 5.41) is 13.1. The fraction of sp³-hybridized carbons (Fsp3) is 0.583. The Hall–Kier alpha value is -2.03. The third-order valence-corrected chi connectivity index (χ3v) is 2.10. The van der Waals surface area contributed by atoms with E-state index in [1.165, 1.54) is 0 Å². The van der Waals surface area contributed by atoms with E-state index in [0.29, 0.717) is 19.3 Å². The topological polar surface area (TPSA) is 95.5 Å². The zero-order valence-corrected chi connectivity index (χ0v) is 10.4. The number of carbonyl (C=O) groups excluding carboxylic acids is 2. The maximum Gasteiger partial charge on any atom is 0.321 e. The second-order valence-corrected chi connectivity index (χ2v) is 3.93. The molecule has 0 rings (SSSR count). The molecule has 1 atom stereocenters. The molecule has 0 fully saturated rings. The fourth-order valence-electron chi connectivity index (χ4n) is 1.24. The van der Waals surface area contributed by atoms with Gasteiger partial charge >= 0.3 is 12.0 Å². The van der Waals surface area contributed by atoms with Crippen LogP contribution in [-0.2, 0) is 9.59 Å². The average molecular weight is 254 g/mol. The van der Waals surface area contributed by atoms with Crippen LogP contribution in [0.1, 0.15) is 39.0 Å². The number of carboxylic acid groups (broad SMARTS) is 1. The Balaban J connectivity index is 3.71. The molecule has 0 aromatic rings. The molecule has 3 N–H and O–H groups in total. The predicted molar refractivity (Wildman–Crippen MR) is 65.7 cm³/mol. The second kappa shape index (κ2) is 9.05. The van der Waals surface area contributed by atoms with Crippen LogP contribution in [0.3, 0.4) is 0 Å². The van der Waals surface area contributed by atoms with E-state index in [4.69, 9.17) is 11.5 Å². The third kappa shape index (κ3) is 9.21. The molecule has 18 heavy (non-hydrogen) atoms. The molecule has 0 heterocycles. The maximum absolute atomic E-state index is 11.3. The van der Waals surface area contributed by atoms with Gasteiger partial charge in [0.1, 0.15) is 0 Å². The van der Waals surface area contributed by atoms with E-state index < -0.39 is 17.9 Å². The third-order valence-electron chi connectivity index (χ3n) is 2.10. The summed E-state index contributed by atoms with van der Waals surface area (Å²) < 4.78 is 0. The normalized spacial score (nSPS) is 11.1. The van der Waals surface area contributed by atoms with Crippen LogP contribution in [0.25, 0.3) is 0 Å². The molecule has 0 aromatic carbocycles. The molecule has 0 radical (unpaired) electrons. The summed E-state index contributed by atoms with van der Waals surface area (Å²) in [7, 11) is 0. The Bertz CT molecular complexity index is 346. The molecule has 3 amide bonds. The first kappa shape index (κ1) is 16.0. The van der Waals surface area contributed by atoms with Gasteiger partial charge in [-0.05, 0) is 19.8 Å². The Kier molecular flexibility index (Phi) is 8.03. The van der Waals surface area contributed by atoms with E-state index >= 15 is 0 Å². The Morgan fingerprint density at radius 3 is 2.44 bits per heavy atom. The van der Waals surface area contributed by atoms with Gasteiger partial charge in [0.15, 0.2) is 0 Å². The van der Waals surface area contributed by atoms with Crippen molar-refractivity contribution in [3.05, 3.63) is 0 Å². The molecule has 0 saturated heterocycles. The fourth-order valence-corrected chi connectivity index (χ4v) is 1.24. The maximum atomic E-state index is 11.3. The van der Waals surface area contributed by atoms with Gasteiger partial charge in [0.25, 0.3) is 0 Å². The van der Waals surface area contributed by atoms with Crippen molar-refractivity contribution in [3.8, 4) is 12.3 Å². The Labute approximate surface area is 106 Å². The van der Waals surface area contributed by atoms with Gasteiger partial charge < -0.3 is 10.4 Å². The molecule has 1 unspecified atom stereocenters. The van der Waals surface area contributed by atoms with Gasteiger partial charge in [-0.1, -0.05) is 0 Å². The van der Waals surface area contributed by atoms with Crippen LogP contribution >= 0.6 is 0 Å². The molecule has 0 aromatic heterocycles. The van der Waals surface area contributed by atoms with Crippen molar-refractivity contribution in [1.82, 2.24) is 10.6 Å². The van der Waals surface area contributed by atoms with Gasteiger partial charge in [-0.15, -0.1) is 12.3 Å².